The molecular weight excluding hydrogens is 500 g/mol. The monoisotopic (exact) mass is 530 g/mol. The van der Waals surface area contributed by atoms with E-state index in [9.17, 15) is 14.7 Å². The Hall–Kier alpha value is -3.77. The minimum absolute atomic E-state index is 0.0391. The smallest absolute Gasteiger partial charge is 0.300 e. The largest absolute Gasteiger partial charge is 0.507 e. The Morgan fingerprint density at radius 1 is 1.03 bits per heavy atom. The van der Waals surface area contributed by atoms with Gasteiger partial charge in [0, 0.05) is 23.3 Å². The molecule has 3 aromatic rings. The van der Waals surface area contributed by atoms with Gasteiger partial charge in [0.2, 0.25) is 0 Å². The highest BCUT2D eigenvalue weighted by molar-refractivity contribution is 6.52. The van der Waals surface area contributed by atoms with Crippen molar-refractivity contribution in [1.29, 1.82) is 0 Å². The minimum atomic E-state index is -0.828. The second-order valence-corrected chi connectivity index (χ2v) is 11.3. The van der Waals surface area contributed by atoms with Gasteiger partial charge in [0.25, 0.3) is 11.7 Å². The zero-order valence-electron chi connectivity index (χ0n) is 22.2. The Balaban J connectivity index is 1.72. The van der Waals surface area contributed by atoms with Gasteiger partial charge in [-0.3, -0.25) is 14.5 Å². The number of Topliss-reactive ketones (excluding diaryl/α,β-unsaturated/α-hetero) is 1. The van der Waals surface area contributed by atoms with Crippen LogP contribution < -0.4 is 14.5 Å². The number of amides is 1. The number of nitrogens with zero attached hydrogens (tertiary/aromatic N) is 2. The number of fused-ring (bicyclic) bond motifs is 1. The van der Waals surface area contributed by atoms with Gasteiger partial charge < -0.3 is 14.7 Å². The number of halogens is 1. The summed E-state index contributed by atoms with van der Waals surface area (Å²) < 4.78 is 5.74. The number of carbonyl (C=O) groups is 2. The van der Waals surface area contributed by atoms with Crippen molar-refractivity contribution in [3.63, 3.8) is 0 Å². The Bertz CT molecular complexity index is 1470. The molecule has 1 unspecified atom stereocenters. The molecule has 3 aromatic carbocycles. The molecule has 0 spiro atoms. The molecule has 196 valence electrons. The molecule has 2 heterocycles. The summed E-state index contributed by atoms with van der Waals surface area (Å²) in [6.07, 6.45) is 0. The van der Waals surface area contributed by atoms with Gasteiger partial charge in [-0.25, -0.2) is 0 Å². The second-order valence-electron chi connectivity index (χ2n) is 10.9. The molecule has 2 aliphatic heterocycles. The molecule has 2 aliphatic rings. The lowest BCUT2D eigenvalue weighted by molar-refractivity contribution is -0.132. The SMILES string of the molecule is Cc1c(Cl)cccc1N1C(=O)C(=O)/C(=C(\O)c2ccc3c(c2)N(C)CCO3)C1c1ccc(C(C)(C)C)cc1. The van der Waals surface area contributed by atoms with Crippen molar-refractivity contribution in [2.24, 2.45) is 0 Å². The van der Waals surface area contributed by atoms with Crippen LogP contribution >= 0.6 is 11.6 Å². The average molecular weight is 531 g/mol. The van der Waals surface area contributed by atoms with Gasteiger partial charge in [0.15, 0.2) is 0 Å². The average Bonchev–Trinajstić information content (AvgIpc) is 3.15. The molecule has 1 saturated heterocycles. The van der Waals surface area contributed by atoms with Gasteiger partial charge in [0.05, 0.1) is 23.8 Å². The van der Waals surface area contributed by atoms with Gasteiger partial charge in [-0.05, 0) is 59.4 Å². The molecule has 1 amide bonds. The number of rotatable bonds is 3. The molecule has 0 saturated carbocycles. The van der Waals surface area contributed by atoms with Crippen molar-refractivity contribution >= 4 is 40.4 Å². The van der Waals surface area contributed by atoms with Crippen LogP contribution in [0.25, 0.3) is 5.76 Å². The third-order valence-electron chi connectivity index (χ3n) is 7.36. The topological polar surface area (TPSA) is 70.1 Å². The van der Waals surface area contributed by atoms with E-state index in [1.165, 1.54) is 4.90 Å². The fraction of sp³-hybridized carbons (Fsp3) is 0.290. The minimum Gasteiger partial charge on any atom is -0.507 e. The highest BCUT2D eigenvalue weighted by Gasteiger charge is 2.47. The second kappa shape index (κ2) is 9.52. The van der Waals surface area contributed by atoms with Crippen molar-refractivity contribution in [3.05, 3.63) is 93.5 Å². The summed E-state index contributed by atoms with van der Waals surface area (Å²) in [4.78, 5) is 30.6. The molecule has 0 aromatic heterocycles. The molecular formula is C31H31ClN2O4. The normalized spacial score (nSPS) is 18.9. The number of likely N-dealkylation sites (N-methyl/N-ethyl adjacent to an activating group) is 1. The van der Waals surface area contributed by atoms with Crippen molar-refractivity contribution in [3.8, 4) is 5.75 Å². The van der Waals surface area contributed by atoms with Gasteiger partial charge in [-0.2, -0.15) is 0 Å². The molecule has 1 N–H and O–H groups in total. The number of anilines is 2. The van der Waals surface area contributed by atoms with Crippen molar-refractivity contribution in [2.45, 2.75) is 39.2 Å². The number of aliphatic hydroxyl groups excluding tert-OH is 1. The first-order chi connectivity index (χ1) is 18.0. The van der Waals surface area contributed by atoms with Gasteiger partial charge in [-0.15, -0.1) is 0 Å². The number of ether oxygens (including phenoxy) is 1. The van der Waals surface area contributed by atoms with Crippen LogP contribution in [-0.2, 0) is 15.0 Å². The highest BCUT2D eigenvalue weighted by atomic mass is 35.5. The molecule has 0 bridgehead atoms. The first-order valence-corrected chi connectivity index (χ1v) is 13.0. The van der Waals surface area contributed by atoms with E-state index in [1.54, 1.807) is 36.4 Å². The maximum atomic E-state index is 13.6. The van der Waals surface area contributed by atoms with E-state index in [-0.39, 0.29) is 16.7 Å². The molecule has 6 nitrogen and oxygen atoms in total. The Morgan fingerprint density at radius 3 is 2.42 bits per heavy atom. The lowest BCUT2D eigenvalue weighted by Gasteiger charge is -2.29. The summed E-state index contributed by atoms with van der Waals surface area (Å²) in [7, 11) is 1.95. The zero-order valence-corrected chi connectivity index (χ0v) is 23.0. The summed E-state index contributed by atoms with van der Waals surface area (Å²) >= 11 is 6.42. The van der Waals surface area contributed by atoms with Crippen LogP contribution in [-0.4, -0.2) is 37.0 Å². The first-order valence-electron chi connectivity index (χ1n) is 12.6. The van der Waals surface area contributed by atoms with E-state index in [2.05, 4.69) is 20.8 Å². The van der Waals surface area contributed by atoms with E-state index in [0.29, 0.717) is 40.7 Å². The zero-order chi connectivity index (χ0) is 27.4. The summed E-state index contributed by atoms with van der Waals surface area (Å²) in [6, 6.07) is 17.6. The van der Waals surface area contributed by atoms with Crippen LogP contribution in [0.15, 0.2) is 66.2 Å². The maximum Gasteiger partial charge on any atom is 0.300 e. The van der Waals surface area contributed by atoms with Crippen LogP contribution in [0.3, 0.4) is 0 Å². The molecule has 38 heavy (non-hydrogen) atoms. The van der Waals surface area contributed by atoms with Gasteiger partial charge in [-0.1, -0.05) is 62.7 Å². The van der Waals surface area contributed by atoms with Crippen LogP contribution in [0.4, 0.5) is 11.4 Å². The maximum absolute atomic E-state index is 13.6. The third-order valence-corrected chi connectivity index (χ3v) is 7.77. The lowest BCUT2D eigenvalue weighted by Crippen LogP contribution is -2.30. The number of ketones is 1. The van der Waals surface area contributed by atoms with E-state index in [0.717, 1.165) is 16.8 Å². The Morgan fingerprint density at radius 2 is 1.74 bits per heavy atom. The molecule has 7 heteroatoms. The van der Waals surface area contributed by atoms with E-state index in [1.807, 2.05) is 43.1 Å². The van der Waals surface area contributed by atoms with Crippen molar-refractivity contribution < 1.29 is 19.4 Å². The molecule has 1 fully saturated rings. The summed E-state index contributed by atoms with van der Waals surface area (Å²) in [6.45, 7) is 9.47. The van der Waals surface area contributed by atoms with E-state index in [4.69, 9.17) is 16.3 Å². The Kier molecular flexibility index (Phi) is 6.48. The number of carbonyl (C=O) groups excluding carboxylic acids is 2. The van der Waals surface area contributed by atoms with Crippen molar-refractivity contribution in [2.75, 3.05) is 30.0 Å². The van der Waals surface area contributed by atoms with Crippen LogP contribution in [0, 0.1) is 6.92 Å². The van der Waals surface area contributed by atoms with Crippen LogP contribution in [0.5, 0.6) is 5.75 Å². The molecule has 0 radical (unpaired) electrons. The number of aliphatic hydroxyl groups is 1. The van der Waals surface area contributed by atoms with Crippen LogP contribution in [0.1, 0.15) is 49.1 Å². The standard InChI is InChI=1S/C31H31ClN2O4/c1-18-22(32)7-6-8-23(18)34-27(19-9-12-21(13-10-19)31(2,3)4)26(29(36)30(34)37)28(35)20-11-14-25-24(17-20)33(5)15-16-38-25/h6-14,17,27,35H,15-16H2,1-5H3/b28-26-. The first kappa shape index (κ1) is 25.9. The van der Waals surface area contributed by atoms with Crippen molar-refractivity contribution in [1.82, 2.24) is 0 Å². The predicted molar refractivity (Wildman–Crippen MR) is 151 cm³/mol. The predicted octanol–water partition coefficient (Wildman–Crippen LogP) is 6.40. The Labute approximate surface area is 228 Å². The van der Waals surface area contributed by atoms with E-state index < -0.39 is 17.7 Å². The van der Waals surface area contributed by atoms with E-state index >= 15 is 0 Å². The fourth-order valence-corrected chi connectivity index (χ4v) is 5.24. The number of hydrogen-bond acceptors (Lipinski definition) is 5. The lowest BCUT2D eigenvalue weighted by atomic mass is 9.85. The molecule has 5 rings (SSSR count). The van der Waals surface area contributed by atoms with Gasteiger partial charge in [0.1, 0.15) is 18.1 Å². The van der Waals surface area contributed by atoms with Crippen LogP contribution in [0.2, 0.25) is 5.02 Å². The summed E-state index contributed by atoms with van der Waals surface area (Å²) in [5, 5.41) is 12.1. The summed E-state index contributed by atoms with van der Waals surface area (Å²) in [5.41, 5.74) is 4.27. The number of benzene rings is 3. The van der Waals surface area contributed by atoms with Gasteiger partial charge >= 0.3 is 0 Å². The fourth-order valence-electron chi connectivity index (χ4n) is 5.07. The quantitative estimate of drug-likeness (QED) is 0.241. The summed E-state index contributed by atoms with van der Waals surface area (Å²) in [5.74, 6) is -0.967. The molecule has 1 atom stereocenters. The third kappa shape index (κ3) is 4.33. The number of hydrogen-bond donors (Lipinski definition) is 1. The highest BCUT2D eigenvalue weighted by Crippen LogP contribution is 2.45. The molecule has 0 aliphatic carbocycles.